The average Bonchev–Trinajstić information content (AvgIpc) is 2.68. The van der Waals surface area contributed by atoms with Gasteiger partial charge in [0.05, 0.1) is 0 Å². The average molecular weight is 485 g/mol. The van der Waals surface area contributed by atoms with Crippen LogP contribution in [0, 0.1) is 39.2 Å². The Hall–Kier alpha value is -3.72. The number of ether oxygens (including phenoxy) is 2. The molecule has 1 aromatic rings. The van der Waals surface area contributed by atoms with Crippen molar-refractivity contribution in [2.75, 3.05) is 6.54 Å². The summed E-state index contributed by atoms with van der Waals surface area (Å²) in [6.07, 6.45) is -2.48. The van der Waals surface area contributed by atoms with E-state index >= 15 is 0 Å². The van der Waals surface area contributed by atoms with Crippen molar-refractivity contribution in [1.82, 2.24) is 5.01 Å². The zero-order valence-electron chi connectivity index (χ0n) is 17.5. The van der Waals surface area contributed by atoms with Crippen molar-refractivity contribution in [2.45, 2.75) is 45.3 Å². The number of benzene rings is 1. The van der Waals surface area contributed by atoms with Crippen molar-refractivity contribution in [3.63, 3.8) is 0 Å². The molecule has 33 heavy (non-hydrogen) atoms. The molecule has 0 bridgehead atoms. The van der Waals surface area contributed by atoms with Crippen LogP contribution in [-0.4, -0.2) is 46.3 Å². The number of nitrogens with two attached hydrogens (primary N) is 2. The molecule has 184 valence electrons. The summed E-state index contributed by atoms with van der Waals surface area (Å²) in [7, 11) is 0. The summed E-state index contributed by atoms with van der Waals surface area (Å²) in [5, 5.41) is 9.79. The molecule has 16 heteroatoms. The van der Waals surface area contributed by atoms with E-state index in [0.29, 0.717) is 0 Å². The number of rotatable bonds is 8. The Labute approximate surface area is 183 Å². The maximum absolute atomic E-state index is 13.9. The number of hydrogen-bond acceptors (Lipinski definition) is 7. The zero-order valence-corrected chi connectivity index (χ0v) is 17.5. The number of amides is 1. The van der Waals surface area contributed by atoms with Gasteiger partial charge in [0.15, 0.2) is 11.0 Å². The molecule has 0 unspecified atom stereocenters. The summed E-state index contributed by atoms with van der Waals surface area (Å²) in [4.78, 5) is 39.9. The lowest BCUT2D eigenvalue weighted by Crippen LogP contribution is -2.51. The summed E-state index contributed by atoms with van der Waals surface area (Å²) >= 11 is 0. The Balaban J connectivity index is 3.38. The van der Waals surface area contributed by atoms with E-state index in [2.05, 4.69) is 9.73 Å². The van der Waals surface area contributed by atoms with Crippen molar-refractivity contribution < 1.29 is 46.0 Å². The summed E-state index contributed by atoms with van der Waals surface area (Å²) in [6.45, 7) is 3.85. The van der Waals surface area contributed by atoms with Crippen LogP contribution in [-0.2, 0) is 9.53 Å². The molecule has 0 radical (unpaired) electrons. The third kappa shape index (κ3) is 7.15. The van der Waals surface area contributed by atoms with Crippen LogP contribution in [0.4, 0.5) is 26.7 Å². The van der Waals surface area contributed by atoms with Crippen molar-refractivity contribution in [3.05, 3.63) is 39.2 Å². The largest absolute Gasteiger partial charge is 0.469 e. The summed E-state index contributed by atoms with van der Waals surface area (Å²) in [5.41, 5.74) is 8.99. The number of guanidine groups is 1. The molecule has 1 aromatic carbocycles. The van der Waals surface area contributed by atoms with Gasteiger partial charge in [-0.05, 0) is 38.6 Å². The highest BCUT2D eigenvalue weighted by molar-refractivity contribution is 5.82. The van der Waals surface area contributed by atoms with Gasteiger partial charge in [0, 0.05) is 6.54 Å². The number of halogens is 5. The Kier molecular flexibility index (Phi) is 8.88. The highest BCUT2D eigenvalue weighted by atomic mass is 19.2. The fourth-order valence-corrected chi connectivity index (χ4v) is 2.29. The predicted molar refractivity (Wildman–Crippen MR) is 101 cm³/mol. The molecule has 11 nitrogen and oxygen atoms in total. The third-order valence-corrected chi connectivity index (χ3v) is 3.63. The van der Waals surface area contributed by atoms with E-state index in [1.165, 1.54) is 20.8 Å². The molecule has 0 aliphatic heterocycles. The molecule has 0 aliphatic rings. The number of nitrogens with zero attached hydrogens (tertiary/aromatic N) is 3. The summed E-state index contributed by atoms with van der Waals surface area (Å²) < 4.78 is 76.9. The minimum atomic E-state index is -2.51. The molecule has 1 rings (SSSR count). The van der Waals surface area contributed by atoms with E-state index in [1.807, 2.05) is 0 Å². The van der Waals surface area contributed by atoms with Gasteiger partial charge in [-0.2, -0.15) is 8.78 Å². The number of esters is 1. The molecular formula is C17H20F5N5O6. The van der Waals surface area contributed by atoms with Crippen molar-refractivity contribution >= 4 is 18.0 Å². The van der Waals surface area contributed by atoms with Gasteiger partial charge in [0.2, 0.25) is 40.9 Å². The molecule has 1 amide bonds. The highest BCUT2D eigenvalue weighted by Gasteiger charge is 2.43. The Morgan fingerprint density at radius 3 is 1.97 bits per heavy atom. The lowest BCUT2D eigenvalue weighted by Gasteiger charge is -2.25. The molecule has 4 N–H and O–H groups in total. The van der Waals surface area contributed by atoms with Gasteiger partial charge in [-0.3, -0.25) is 4.99 Å². The van der Waals surface area contributed by atoms with Gasteiger partial charge in [-0.15, -0.1) is 0 Å². The lowest BCUT2D eigenvalue weighted by atomic mass is 10.1. The SMILES string of the molecule is CC(C)(C)OC(=O)N([C@@H](CCCN=C(N)N)C(=O)Oc1c(F)c(F)c(F)c(F)c1F)[N+](=O)[O-]. The zero-order chi connectivity index (χ0) is 25.7. The number of aliphatic imine (C=N–C) groups is 1. The molecule has 1 atom stereocenters. The van der Waals surface area contributed by atoms with E-state index in [1.54, 1.807) is 0 Å². The van der Waals surface area contributed by atoms with Gasteiger partial charge in [-0.1, -0.05) is 0 Å². The van der Waals surface area contributed by atoms with Crippen molar-refractivity contribution in [1.29, 1.82) is 0 Å². The molecule has 0 aromatic heterocycles. The Bertz CT molecular complexity index is 936. The monoisotopic (exact) mass is 485 g/mol. The van der Waals surface area contributed by atoms with E-state index in [9.17, 15) is 41.7 Å². The molecule has 0 heterocycles. The fourth-order valence-electron chi connectivity index (χ4n) is 2.29. The van der Waals surface area contributed by atoms with E-state index in [4.69, 9.17) is 16.2 Å². The first kappa shape index (κ1) is 27.3. The lowest BCUT2D eigenvalue weighted by molar-refractivity contribution is -0.641. The van der Waals surface area contributed by atoms with Gasteiger partial charge < -0.3 is 20.9 Å². The molecule has 0 fully saturated rings. The highest BCUT2D eigenvalue weighted by Crippen LogP contribution is 2.30. The summed E-state index contributed by atoms with van der Waals surface area (Å²) in [5.74, 6) is -16.6. The van der Waals surface area contributed by atoms with Crippen LogP contribution in [0.15, 0.2) is 4.99 Å². The first-order chi connectivity index (χ1) is 15.1. The van der Waals surface area contributed by atoms with Gasteiger partial charge >= 0.3 is 12.1 Å². The smallest absolute Gasteiger partial charge is 0.440 e. The maximum atomic E-state index is 13.9. The molecule has 0 aliphatic carbocycles. The van der Waals surface area contributed by atoms with Gasteiger partial charge in [0.1, 0.15) is 5.60 Å². The minimum Gasteiger partial charge on any atom is -0.440 e. The van der Waals surface area contributed by atoms with Crippen molar-refractivity contribution in [3.8, 4) is 5.75 Å². The molecule has 0 saturated heterocycles. The van der Waals surface area contributed by atoms with Crippen molar-refractivity contribution in [2.24, 2.45) is 16.5 Å². The van der Waals surface area contributed by atoms with Crippen LogP contribution in [0.3, 0.4) is 0 Å². The van der Waals surface area contributed by atoms with Crippen LogP contribution in [0.2, 0.25) is 0 Å². The minimum absolute atomic E-state index is 0.200. The molecule has 0 saturated carbocycles. The second kappa shape index (κ2) is 10.7. The van der Waals surface area contributed by atoms with Crippen LogP contribution >= 0.6 is 0 Å². The van der Waals surface area contributed by atoms with E-state index in [0.717, 1.165) is 0 Å². The number of carbonyl (C=O) groups is 2. The van der Waals surface area contributed by atoms with Crippen LogP contribution < -0.4 is 16.2 Å². The second-order valence-corrected chi connectivity index (χ2v) is 7.35. The van der Waals surface area contributed by atoms with Crippen LogP contribution in [0.25, 0.3) is 0 Å². The van der Waals surface area contributed by atoms with Crippen LogP contribution in [0.1, 0.15) is 33.6 Å². The van der Waals surface area contributed by atoms with Crippen LogP contribution in [0.5, 0.6) is 5.75 Å². The first-order valence-electron chi connectivity index (χ1n) is 9.03. The van der Waals surface area contributed by atoms with E-state index < -0.39 is 70.0 Å². The Morgan fingerprint density at radius 2 is 1.55 bits per heavy atom. The fraction of sp³-hybridized carbons (Fsp3) is 0.471. The number of hydrazine groups is 1. The van der Waals surface area contributed by atoms with Gasteiger partial charge in [0.25, 0.3) is 0 Å². The van der Waals surface area contributed by atoms with Gasteiger partial charge in [-0.25, -0.2) is 32.9 Å². The number of carbonyl (C=O) groups excluding carboxylic acids is 2. The quantitative estimate of drug-likeness (QED) is 0.0540. The maximum Gasteiger partial charge on any atom is 0.469 e. The standard InChI is InChI=1S/C17H20F5N5O6/c1-17(2,3)33-16(29)26(27(30)31)7(5-4-6-25-15(23)24)14(28)32-13-11(21)9(19)8(18)10(20)12(13)22/h7H,4-6H2,1-3H3,(H4,23,24,25)/t7-/m0/s1. The summed E-state index contributed by atoms with van der Waals surface area (Å²) in [6, 6.07) is -2.22. The van der Waals surface area contributed by atoms with E-state index in [-0.39, 0.29) is 23.9 Å². The Morgan fingerprint density at radius 1 is 1.06 bits per heavy atom. The number of hydrogen-bond donors (Lipinski definition) is 2. The first-order valence-corrected chi connectivity index (χ1v) is 9.03. The third-order valence-electron chi connectivity index (χ3n) is 3.63. The normalized spacial score (nSPS) is 12.0. The molecular weight excluding hydrogens is 465 g/mol. The second-order valence-electron chi connectivity index (χ2n) is 7.35. The number of nitro groups is 1. The topological polar surface area (TPSA) is 163 Å². The predicted octanol–water partition coefficient (Wildman–Crippen LogP) is 2.14. The molecule has 0 spiro atoms.